The first-order chi connectivity index (χ1) is 14.7. The molecule has 7 heteroatoms. The van der Waals surface area contributed by atoms with Gasteiger partial charge in [-0.3, -0.25) is 9.69 Å². The highest BCUT2D eigenvalue weighted by atomic mass is 127. The lowest BCUT2D eigenvalue weighted by molar-refractivity contribution is -0.122. The van der Waals surface area contributed by atoms with Gasteiger partial charge in [0.05, 0.1) is 6.54 Å². The van der Waals surface area contributed by atoms with Crippen molar-refractivity contribution in [1.82, 2.24) is 20.9 Å². The summed E-state index contributed by atoms with van der Waals surface area (Å²) < 4.78 is 0. The smallest absolute Gasteiger partial charge is 0.223 e. The van der Waals surface area contributed by atoms with Gasteiger partial charge >= 0.3 is 0 Å². The first-order valence-electron chi connectivity index (χ1n) is 11.7. The molecule has 0 heterocycles. The van der Waals surface area contributed by atoms with Gasteiger partial charge in [0.25, 0.3) is 0 Å². The van der Waals surface area contributed by atoms with Gasteiger partial charge in [-0.05, 0) is 50.8 Å². The molecule has 0 unspecified atom stereocenters. The Morgan fingerprint density at radius 2 is 1.68 bits per heavy atom. The lowest BCUT2D eigenvalue weighted by Crippen LogP contribution is -2.41. The fraction of sp³-hybridized carbons (Fsp3) is 0.667. The minimum atomic E-state index is 0. The van der Waals surface area contributed by atoms with Crippen molar-refractivity contribution in [2.24, 2.45) is 10.9 Å². The quantitative estimate of drug-likeness (QED) is 0.183. The molecular weight excluding hydrogens is 501 g/mol. The molecule has 31 heavy (non-hydrogen) atoms. The van der Waals surface area contributed by atoms with Crippen molar-refractivity contribution in [3.63, 3.8) is 0 Å². The molecule has 0 bridgehead atoms. The van der Waals surface area contributed by atoms with Gasteiger partial charge in [-0.2, -0.15) is 0 Å². The van der Waals surface area contributed by atoms with E-state index in [0.29, 0.717) is 25.7 Å². The maximum atomic E-state index is 11.7. The molecule has 2 aliphatic carbocycles. The van der Waals surface area contributed by atoms with Gasteiger partial charge in [-0.1, -0.05) is 43.5 Å². The lowest BCUT2D eigenvalue weighted by atomic mass is 9.94. The van der Waals surface area contributed by atoms with E-state index in [9.17, 15) is 4.79 Å². The van der Waals surface area contributed by atoms with Crippen LogP contribution in [-0.2, 0) is 17.9 Å². The second kappa shape index (κ2) is 13.9. The Morgan fingerprint density at radius 1 is 1.00 bits per heavy atom. The van der Waals surface area contributed by atoms with Crippen LogP contribution in [0.15, 0.2) is 29.3 Å². The van der Waals surface area contributed by atoms with Crippen molar-refractivity contribution in [3.05, 3.63) is 35.4 Å². The van der Waals surface area contributed by atoms with Crippen LogP contribution in [0, 0.1) is 5.92 Å². The summed E-state index contributed by atoms with van der Waals surface area (Å²) in [6.45, 7) is 5.82. The number of nitrogens with zero attached hydrogens (tertiary/aromatic N) is 2. The summed E-state index contributed by atoms with van der Waals surface area (Å²) in [7, 11) is 2.26. The Kier molecular flexibility index (Phi) is 11.6. The third-order valence-corrected chi connectivity index (χ3v) is 6.15. The van der Waals surface area contributed by atoms with Crippen molar-refractivity contribution in [2.45, 2.75) is 71.0 Å². The van der Waals surface area contributed by atoms with E-state index in [4.69, 9.17) is 4.99 Å². The topological polar surface area (TPSA) is 68.8 Å². The zero-order valence-corrected chi connectivity index (χ0v) is 21.5. The van der Waals surface area contributed by atoms with Crippen LogP contribution in [-0.4, -0.2) is 49.5 Å². The molecule has 0 saturated heterocycles. The largest absolute Gasteiger partial charge is 0.357 e. The SMILES string of the molecule is CCNC(=NCc1ccccc1CN(C)C1CCCCC1)NCCNC(=O)C1CC1.I. The summed E-state index contributed by atoms with van der Waals surface area (Å²) in [6.07, 6.45) is 8.84. The van der Waals surface area contributed by atoms with Crippen LogP contribution in [0.2, 0.25) is 0 Å². The molecule has 2 aliphatic rings. The number of nitrogens with one attached hydrogen (secondary N) is 3. The standard InChI is InChI=1S/C24H39N5O.HI/c1-3-25-24(27-16-15-26-23(30)19-13-14-19)28-17-20-9-7-8-10-21(20)18-29(2)22-11-5-4-6-12-22;/h7-10,19,22H,3-6,11-18H2,1-2H3,(H,26,30)(H2,25,27,28);1H. The van der Waals surface area contributed by atoms with Gasteiger partial charge < -0.3 is 16.0 Å². The molecule has 2 saturated carbocycles. The number of amides is 1. The molecule has 0 spiro atoms. The Bertz CT molecular complexity index is 701. The second-order valence-electron chi connectivity index (χ2n) is 8.66. The van der Waals surface area contributed by atoms with E-state index >= 15 is 0 Å². The average Bonchev–Trinajstić information content (AvgIpc) is 3.62. The van der Waals surface area contributed by atoms with Gasteiger partial charge in [-0.25, -0.2) is 4.99 Å². The van der Waals surface area contributed by atoms with Crippen LogP contribution in [0.1, 0.15) is 63.0 Å². The third-order valence-electron chi connectivity index (χ3n) is 6.15. The molecule has 174 valence electrons. The van der Waals surface area contributed by atoms with Crippen molar-refractivity contribution in [1.29, 1.82) is 0 Å². The van der Waals surface area contributed by atoms with Crippen LogP contribution < -0.4 is 16.0 Å². The van der Waals surface area contributed by atoms with Crippen LogP contribution in [0.25, 0.3) is 0 Å². The van der Waals surface area contributed by atoms with Crippen molar-refractivity contribution >= 4 is 35.8 Å². The van der Waals surface area contributed by atoms with Crippen molar-refractivity contribution < 1.29 is 4.79 Å². The van der Waals surface area contributed by atoms with Gasteiger partial charge in [0.15, 0.2) is 5.96 Å². The fourth-order valence-corrected chi connectivity index (χ4v) is 4.15. The summed E-state index contributed by atoms with van der Waals surface area (Å²) in [5.74, 6) is 1.25. The van der Waals surface area contributed by atoms with Crippen molar-refractivity contribution in [3.8, 4) is 0 Å². The molecule has 0 aliphatic heterocycles. The van der Waals surface area contributed by atoms with E-state index in [2.05, 4.69) is 59.1 Å². The van der Waals surface area contributed by atoms with E-state index < -0.39 is 0 Å². The Balaban J connectivity index is 0.00000341. The first kappa shape index (κ1) is 25.9. The summed E-state index contributed by atoms with van der Waals surface area (Å²) in [4.78, 5) is 19.1. The number of carbonyl (C=O) groups excluding carboxylic acids is 1. The van der Waals surface area contributed by atoms with E-state index in [0.717, 1.165) is 31.9 Å². The number of hydrogen-bond acceptors (Lipinski definition) is 3. The van der Waals surface area contributed by atoms with Gasteiger partial charge in [0.2, 0.25) is 5.91 Å². The predicted octanol–water partition coefficient (Wildman–Crippen LogP) is 3.65. The molecule has 3 N–H and O–H groups in total. The molecule has 0 radical (unpaired) electrons. The van der Waals surface area contributed by atoms with Crippen LogP contribution in [0.4, 0.5) is 0 Å². The maximum Gasteiger partial charge on any atom is 0.223 e. The number of benzene rings is 1. The lowest BCUT2D eigenvalue weighted by Gasteiger charge is -2.31. The molecular formula is C24H40IN5O. The van der Waals surface area contributed by atoms with Gasteiger partial charge in [-0.15, -0.1) is 24.0 Å². The molecule has 0 aromatic heterocycles. The Hall–Kier alpha value is -1.35. The van der Waals surface area contributed by atoms with E-state index in [1.807, 2.05) is 0 Å². The monoisotopic (exact) mass is 541 g/mol. The van der Waals surface area contributed by atoms with Gasteiger partial charge in [0, 0.05) is 38.1 Å². The number of guanidine groups is 1. The van der Waals surface area contributed by atoms with Crippen LogP contribution in [0.5, 0.6) is 0 Å². The average molecular weight is 542 g/mol. The highest BCUT2D eigenvalue weighted by molar-refractivity contribution is 14.0. The highest BCUT2D eigenvalue weighted by Crippen LogP contribution is 2.28. The van der Waals surface area contributed by atoms with Crippen LogP contribution in [0.3, 0.4) is 0 Å². The van der Waals surface area contributed by atoms with Gasteiger partial charge in [0.1, 0.15) is 0 Å². The first-order valence-corrected chi connectivity index (χ1v) is 11.7. The summed E-state index contributed by atoms with van der Waals surface area (Å²) >= 11 is 0. The molecule has 3 rings (SSSR count). The molecule has 1 aromatic rings. The molecule has 0 atom stereocenters. The van der Waals surface area contributed by atoms with Crippen LogP contribution >= 0.6 is 24.0 Å². The highest BCUT2D eigenvalue weighted by Gasteiger charge is 2.29. The minimum Gasteiger partial charge on any atom is -0.357 e. The summed E-state index contributed by atoms with van der Waals surface area (Å²) in [6, 6.07) is 9.36. The molecule has 1 aromatic carbocycles. The zero-order valence-electron chi connectivity index (χ0n) is 19.2. The summed E-state index contributed by atoms with van der Waals surface area (Å²) in [5, 5.41) is 9.62. The number of rotatable bonds is 10. The third kappa shape index (κ3) is 8.96. The van der Waals surface area contributed by atoms with E-state index in [-0.39, 0.29) is 35.8 Å². The molecule has 1 amide bonds. The number of halogens is 1. The molecule has 2 fully saturated rings. The number of hydrogen-bond donors (Lipinski definition) is 3. The minimum absolute atomic E-state index is 0. The number of aliphatic imine (C=N–C) groups is 1. The Labute approximate surface area is 205 Å². The molecule has 6 nitrogen and oxygen atoms in total. The maximum absolute atomic E-state index is 11.7. The second-order valence-corrected chi connectivity index (χ2v) is 8.66. The van der Waals surface area contributed by atoms with E-state index in [1.54, 1.807) is 0 Å². The zero-order chi connectivity index (χ0) is 21.2. The fourth-order valence-electron chi connectivity index (χ4n) is 4.15. The van der Waals surface area contributed by atoms with Crippen molar-refractivity contribution in [2.75, 3.05) is 26.7 Å². The Morgan fingerprint density at radius 3 is 2.35 bits per heavy atom. The normalized spacial score (nSPS) is 17.2. The summed E-state index contributed by atoms with van der Waals surface area (Å²) in [5.41, 5.74) is 2.64. The number of carbonyl (C=O) groups is 1. The van der Waals surface area contributed by atoms with E-state index in [1.165, 1.54) is 43.2 Å². The predicted molar refractivity (Wildman–Crippen MR) is 139 cm³/mol.